The van der Waals surface area contributed by atoms with E-state index in [1.54, 1.807) is 0 Å². The molecule has 214 valence electrons. The van der Waals surface area contributed by atoms with Gasteiger partial charge in [-0.05, 0) is 23.8 Å². The Hall–Kier alpha value is -6.00. The van der Waals surface area contributed by atoms with Crippen molar-refractivity contribution < 1.29 is 0 Å². The first kappa shape index (κ1) is 24.3. The van der Waals surface area contributed by atoms with Gasteiger partial charge in [0.15, 0.2) is 0 Å². The number of aromatic nitrogens is 1. The fraction of sp³-hybridized carbons (Fsp3) is 0.0476. The first-order chi connectivity index (χ1) is 22.9. The minimum Gasteiger partial charge on any atom is -0.318 e. The SMILES string of the molecule is C1=CC2=[N+](c3ccc([N+]4=C5C=CC=CC5n5c6ccccc6c6cccc4c65)cc3)c3ccccc3N3c4ccccc4C(=C1)C23. The highest BCUT2D eigenvalue weighted by molar-refractivity contribution is 6.21. The van der Waals surface area contributed by atoms with Crippen molar-refractivity contribution in [2.75, 3.05) is 4.90 Å². The lowest BCUT2D eigenvalue weighted by Crippen LogP contribution is -2.43. The molecule has 2 atom stereocenters. The molecule has 2 unspecified atom stereocenters. The van der Waals surface area contributed by atoms with Gasteiger partial charge >= 0.3 is 0 Å². The Bertz CT molecular complexity index is 2530. The van der Waals surface area contributed by atoms with E-state index in [1.807, 2.05) is 0 Å². The zero-order valence-corrected chi connectivity index (χ0v) is 25.0. The minimum absolute atomic E-state index is 0.124. The number of hydrogen-bond acceptors (Lipinski definition) is 1. The largest absolute Gasteiger partial charge is 0.318 e. The molecule has 0 fully saturated rings. The van der Waals surface area contributed by atoms with Crippen molar-refractivity contribution in [2.24, 2.45) is 0 Å². The maximum absolute atomic E-state index is 2.52. The molecule has 4 nitrogen and oxygen atoms in total. The van der Waals surface area contributed by atoms with Crippen molar-refractivity contribution in [2.45, 2.75) is 12.1 Å². The van der Waals surface area contributed by atoms with Gasteiger partial charge in [-0.25, -0.2) is 0 Å². The number of fused-ring (bicyclic) bond motifs is 10. The molecule has 0 spiro atoms. The summed E-state index contributed by atoms with van der Waals surface area (Å²) < 4.78 is 7.45. The van der Waals surface area contributed by atoms with E-state index in [4.69, 9.17) is 0 Å². The molecule has 46 heavy (non-hydrogen) atoms. The van der Waals surface area contributed by atoms with E-state index in [0.29, 0.717) is 0 Å². The number of allylic oxidation sites excluding steroid dienone is 6. The van der Waals surface area contributed by atoms with Crippen LogP contribution in [0.3, 0.4) is 0 Å². The van der Waals surface area contributed by atoms with Crippen molar-refractivity contribution >= 4 is 72.9 Å². The number of para-hydroxylation sites is 5. The summed E-state index contributed by atoms with van der Waals surface area (Å²) in [7, 11) is 0. The molecule has 0 N–H and O–H groups in total. The van der Waals surface area contributed by atoms with Crippen LogP contribution in [-0.4, -0.2) is 22.0 Å². The van der Waals surface area contributed by atoms with Crippen molar-refractivity contribution in [3.63, 3.8) is 0 Å². The van der Waals surface area contributed by atoms with E-state index in [0.717, 1.165) is 11.4 Å². The smallest absolute Gasteiger partial charge is 0.235 e. The van der Waals surface area contributed by atoms with E-state index in [1.165, 1.54) is 67.1 Å². The predicted molar refractivity (Wildman–Crippen MR) is 192 cm³/mol. The third kappa shape index (κ3) is 2.99. The Morgan fingerprint density at radius 1 is 0.543 bits per heavy atom. The summed E-state index contributed by atoms with van der Waals surface area (Å²) in [4.78, 5) is 2.52. The fourth-order valence-corrected chi connectivity index (χ4v) is 8.54. The summed E-state index contributed by atoms with van der Waals surface area (Å²) in [5.41, 5.74) is 15.0. The molecule has 0 bridgehead atoms. The van der Waals surface area contributed by atoms with E-state index in [2.05, 4.69) is 176 Å². The van der Waals surface area contributed by atoms with Gasteiger partial charge in [0.2, 0.25) is 34.2 Å². The average molecular weight is 589 g/mol. The van der Waals surface area contributed by atoms with Crippen molar-refractivity contribution in [1.29, 1.82) is 0 Å². The molecule has 5 aliphatic rings. The monoisotopic (exact) mass is 588 g/mol. The van der Waals surface area contributed by atoms with Gasteiger partial charge in [0.1, 0.15) is 23.3 Å². The Morgan fingerprint density at radius 2 is 1.24 bits per heavy atom. The average Bonchev–Trinajstić information content (AvgIpc) is 3.64. The van der Waals surface area contributed by atoms with Crippen LogP contribution in [0.25, 0.3) is 27.4 Å². The first-order valence-corrected chi connectivity index (χ1v) is 16.0. The second kappa shape index (κ2) is 8.80. The van der Waals surface area contributed by atoms with Crippen LogP contribution in [0.4, 0.5) is 34.1 Å². The molecule has 0 radical (unpaired) electrons. The molecule has 4 heteroatoms. The summed E-state index contributed by atoms with van der Waals surface area (Å²) in [6.45, 7) is 0. The van der Waals surface area contributed by atoms with Gasteiger partial charge in [-0.3, -0.25) is 0 Å². The molecule has 5 aromatic carbocycles. The number of rotatable bonds is 2. The molecule has 0 saturated heterocycles. The molecule has 11 rings (SSSR count). The summed E-state index contributed by atoms with van der Waals surface area (Å²) in [6, 6.07) is 42.6. The molecule has 2 aliphatic carbocycles. The normalized spacial score (nSPS) is 19.8. The molecule has 3 aliphatic heterocycles. The van der Waals surface area contributed by atoms with Gasteiger partial charge in [-0.1, -0.05) is 91.0 Å². The third-order valence-corrected chi connectivity index (χ3v) is 10.3. The van der Waals surface area contributed by atoms with Crippen LogP contribution < -0.4 is 14.1 Å². The zero-order valence-electron chi connectivity index (χ0n) is 25.0. The maximum Gasteiger partial charge on any atom is 0.235 e. The maximum atomic E-state index is 2.52. The number of nitrogens with zero attached hydrogens (tertiary/aromatic N) is 4. The highest BCUT2D eigenvalue weighted by atomic mass is 15.3. The summed E-state index contributed by atoms with van der Waals surface area (Å²) in [5.74, 6) is 0. The molecule has 1 aromatic heterocycles. The number of hydrogen-bond donors (Lipinski definition) is 0. The highest BCUT2D eigenvalue weighted by Gasteiger charge is 2.48. The van der Waals surface area contributed by atoms with Crippen LogP contribution >= 0.6 is 0 Å². The van der Waals surface area contributed by atoms with Gasteiger partial charge in [0, 0.05) is 64.9 Å². The lowest BCUT2D eigenvalue weighted by Gasteiger charge is -2.32. The molecule has 6 aromatic rings. The van der Waals surface area contributed by atoms with Gasteiger partial charge < -0.3 is 9.47 Å². The van der Waals surface area contributed by atoms with Crippen LogP contribution in [0.15, 0.2) is 158 Å². The first-order valence-electron chi connectivity index (χ1n) is 16.0. The van der Waals surface area contributed by atoms with Gasteiger partial charge in [-0.2, -0.15) is 9.15 Å². The Balaban J connectivity index is 1.11. The molecule has 0 saturated carbocycles. The molecular formula is C42H28N4+2. The van der Waals surface area contributed by atoms with E-state index < -0.39 is 0 Å². The minimum atomic E-state index is 0.124. The second-order valence-corrected chi connectivity index (χ2v) is 12.5. The highest BCUT2D eigenvalue weighted by Crippen LogP contribution is 2.52. The standard InChI is InChI=1S/C42H28N4/c1-3-15-33-29(11-1)31-13-9-21-39-41(31)45(33)37-19-7-5-17-35(37)43(39)27-23-25-28(26-24-27)44-36-18-6-8-20-38(36)46-34-16-4-2-12-30(34)32-14-10-22-40(44)42(32)46/h1-26,37,42H/q+2. The van der Waals surface area contributed by atoms with Gasteiger partial charge in [0.05, 0.1) is 11.2 Å². The molecular weight excluding hydrogens is 560 g/mol. The molecule has 4 heterocycles. The van der Waals surface area contributed by atoms with Crippen molar-refractivity contribution in [3.05, 3.63) is 163 Å². The van der Waals surface area contributed by atoms with Crippen LogP contribution in [-0.2, 0) is 0 Å². The summed E-state index contributed by atoms with van der Waals surface area (Å²) in [6.07, 6.45) is 15.7. The second-order valence-electron chi connectivity index (χ2n) is 12.5. The quantitative estimate of drug-likeness (QED) is 0.184. The number of benzene rings is 5. The van der Waals surface area contributed by atoms with Gasteiger partial charge in [0.25, 0.3) is 0 Å². The van der Waals surface area contributed by atoms with Crippen LogP contribution in [0.2, 0.25) is 0 Å². The Morgan fingerprint density at radius 3 is 2.13 bits per heavy atom. The van der Waals surface area contributed by atoms with Crippen molar-refractivity contribution in [1.82, 2.24) is 13.7 Å². The van der Waals surface area contributed by atoms with Crippen LogP contribution in [0, 0.1) is 0 Å². The Kier molecular flexibility index (Phi) is 4.66. The Labute approximate surface area is 266 Å². The van der Waals surface area contributed by atoms with Crippen molar-refractivity contribution in [3.8, 4) is 0 Å². The topological polar surface area (TPSA) is 14.2 Å². The predicted octanol–water partition coefficient (Wildman–Crippen LogP) is 9.51. The molecule has 0 amide bonds. The summed E-state index contributed by atoms with van der Waals surface area (Å²) in [5, 5.41) is 2.60. The third-order valence-electron chi connectivity index (χ3n) is 10.3. The zero-order chi connectivity index (χ0) is 29.9. The van der Waals surface area contributed by atoms with E-state index in [-0.39, 0.29) is 12.1 Å². The fourth-order valence-electron chi connectivity index (χ4n) is 8.54. The lowest BCUT2D eigenvalue weighted by molar-refractivity contribution is 0.781. The van der Waals surface area contributed by atoms with E-state index in [9.17, 15) is 0 Å². The number of anilines is 2. The summed E-state index contributed by atoms with van der Waals surface area (Å²) >= 11 is 0. The van der Waals surface area contributed by atoms with Crippen LogP contribution in [0.5, 0.6) is 0 Å². The van der Waals surface area contributed by atoms with Crippen LogP contribution in [0.1, 0.15) is 11.6 Å². The van der Waals surface area contributed by atoms with E-state index >= 15 is 0 Å². The lowest BCUT2D eigenvalue weighted by atomic mass is 9.92. The van der Waals surface area contributed by atoms with Gasteiger partial charge in [-0.15, -0.1) is 0 Å².